The van der Waals surface area contributed by atoms with Gasteiger partial charge in [0.1, 0.15) is 12.3 Å². The van der Waals surface area contributed by atoms with E-state index < -0.39 is 0 Å². The molecule has 0 atom stereocenters. The topological polar surface area (TPSA) is 162 Å². The first-order valence-electron chi connectivity index (χ1n) is 5.88. The first kappa shape index (κ1) is 18.7. The monoisotopic (exact) mass is 300 g/mol. The van der Waals surface area contributed by atoms with Crippen molar-refractivity contribution in [3.63, 3.8) is 0 Å². The van der Waals surface area contributed by atoms with Crippen molar-refractivity contribution in [3.8, 4) is 0 Å². The quantitative estimate of drug-likeness (QED) is 0.477. The molecular formula is C11H20N6O4. The summed E-state index contributed by atoms with van der Waals surface area (Å²) in [5.74, 6) is 0.385. The van der Waals surface area contributed by atoms with Crippen molar-refractivity contribution < 1.29 is 19.7 Å². The van der Waals surface area contributed by atoms with Crippen molar-refractivity contribution >= 4 is 29.7 Å². The Morgan fingerprint density at radius 2 is 1.95 bits per heavy atom. The minimum absolute atomic E-state index is 0.00669. The lowest BCUT2D eigenvalue weighted by atomic mass is 10.5. The van der Waals surface area contributed by atoms with Crippen molar-refractivity contribution in [1.82, 2.24) is 19.5 Å². The second kappa shape index (κ2) is 10.5. The lowest BCUT2D eigenvalue weighted by Crippen LogP contribution is -2.09. The summed E-state index contributed by atoms with van der Waals surface area (Å²) in [4.78, 5) is 20.0. The number of anilines is 2. The van der Waals surface area contributed by atoms with Crippen LogP contribution in [0.1, 0.15) is 0 Å². The van der Waals surface area contributed by atoms with Crippen LogP contribution in [-0.2, 0) is 16.1 Å². The fourth-order valence-electron chi connectivity index (χ4n) is 1.48. The standard InChI is InChI=1S/C9H14N6O2.CH4O.CH2O/c10-7-6-8(14-9(11)13-7)15(5-12-6)1-3-17-4-2-16;2*1-2/h5,16H,1-4H2,(H4,10,11,13,14);2H,1H3;1H2. The molecule has 0 spiro atoms. The maximum atomic E-state index is 8.57. The second-order valence-electron chi connectivity index (χ2n) is 3.41. The highest BCUT2D eigenvalue weighted by molar-refractivity contribution is 5.82. The Balaban J connectivity index is 0.000000921. The molecule has 0 saturated carbocycles. The minimum Gasteiger partial charge on any atom is -0.400 e. The number of aromatic nitrogens is 4. The van der Waals surface area contributed by atoms with Crippen molar-refractivity contribution in [2.75, 3.05) is 38.4 Å². The third-order valence-corrected chi connectivity index (χ3v) is 2.22. The van der Waals surface area contributed by atoms with Gasteiger partial charge >= 0.3 is 0 Å². The van der Waals surface area contributed by atoms with Gasteiger partial charge in [0.05, 0.1) is 26.1 Å². The molecule has 21 heavy (non-hydrogen) atoms. The number of imidazole rings is 1. The zero-order chi connectivity index (χ0) is 16.3. The molecule has 0 aliphatic carbocycles. The molecule has 0 saturated heterocycles. The van der Waals surface area contributed by atoms with Crippen molar-refractivity contribution in [1.29, 1.82) is 0 Å². The molecule has 0 fully saturated rings. The van der Waals surface area contributed by atoms with E-state index in [1.807, 2.05) is 6.79 Å². The zero-order valence-corrected chi connectivity index (χ0v) is 11.8. The number of rotatable bonds is 5. The van der Waals surface area contributed by atoms with Crippen LogP contribution in [0, 0.1) is 0 Å². The van der Waals surface area contributed by atoms with Crippen LogP contribution in [0.25, 0.3) is 11.2 Å². The van der Waals surface area contributed by atoms with Crippen LogP contribution in [0.2, 0.25) is 0 Å². The third-order valence-electron chi connectivity index (χ3n) is 2.22. The zero-order valence-electron chi connectivity index (χ0n) is 11.8. The Morgan fingerprint density at radius 3 is 2.57 bits per heavy atom. The van der Waals surface area contributed by atoms with E-state index in [0.29, 0.717) is 30.9 Å². The van der Waals surface area contributed by atoms with E-state index in [4.69, 9.17) is 31.2 Å². The van der Waals surface area contributed by atoms with E-state index in [0.717, 1.165) is 7.11 Å². The summed E-state index contributed by atoms with van der Waals surface area (Å²) in [6.45, 7) is 3.33. The van der Waals surface area contributed by atoms with Gasteiger partial charge in [-0.15, -0.1) is 0 Å². The van der Waals surface area contributed by atoms with Gasteiger partial charge in [-0.05, 0) is 0 Å². The molecule has 0 amide bonds. The molecule has 0 radical (unpaired) electrons. The first-order chi connectivity index (χ1) is 10.2. The number of hydrogen-bond acceptors (Lipinski definition) is 9. The number of aliphatic hydroxyl groups excluding tert-OH is 2. The molecule has 6 N–H and O–H groups in total. The largest absolute Gasteiger partial charge is 0.400 e. The number of hydrogen-bond donors (Lipinski definition) is 4. The van der Waals surface area contributed by atoms with E-state index in [1.54, 1.807) is 10.9 Å². The van der Waals surface area contributed by atoms with E-state index in [1.165, 1.54) is 0 Å². The number of nitrogen functional groups attached to an aromatic ring is 2. The molecule has 2 rings (SSSR count). The van der Waals surface area contributed by atoms with E-state index >= 15 is 0 Å². The predicted octanol–water partition coefficient (Wildman–Crippen LogP) is -1.58. The number of nitrogens with zero attached hydrogens (tertiary/aromatic N) is 4. The molecule has 0 bridgehead atoms. The highest BCUT2D eigenvalue weighted by atomic mass is 16.5. The van der Waals surface area contributed by atoms with Crippen LogP contribution in [-0.4, -0.2) is 63.5 Å². The molecular weight excluding hydrogens is 280 g/mol. The van der Waals surface area contributed by atoms with Crippen LogP contribution in [0.4, 0.5) is 11.8 Å². The summed E-state index contributed by atoms with van der Waals surface area (Å²) >= 11 is 0. The average molecular weight is 300 g/mol. The molecule has 0 unspecified atom stereocenters. The molecule has 0 aromatic carbocycles. The predicted molar refractivity (Wildman–Crippen MR) is 77.3 cm³/mol. The van der Waals surface area contributed by atoms with Gasteiger partial charge in [0.2, 0.25) is 5.95 Å². The SMILES string of the molecule is C=O.CO.Nc1nc(N)c2ncn(CCOCCO)c2n1. The van der Waals surface area contributed by atoms with Crippen LogP contribution >= 0.6 is 0 Å². The fraction of sp³-hybridized carbons (Fsp3) is 0.455. The van der Waals surface area contributed by atoms with Gasteiger partial charge in [-0.1, -0.05) is 0 Å². The van der Waals surface area contributed by atoms with E-state index in [-0.39, 0.29) is 18.4 Å². The van der Waals surface area contributed by atoms with Gasteiger partial charge in [-0.2, -0.15) is 9.97 Å². The lowest BCUT2D eigenvalue weighted by molar-refractivity contribution is -0.0979. The Bertz CT molecular complexity index is 533. The van der Waals surface area contributed by atoms with E-state index in [2.05, 4.69) is 15.0 Å². The molecule has 10 heteroatoms. The Kier molecular flexibility index (Phi) is 9.33. The van der Waals surface area contributed by atoms with Gasteiger partial charge in [0.15, 0.2) is 11.5 Å². The number of ether oxygens (including phenoxy) is 1. The molecule has 2 aromatic rings. The van der Waals surface area contributed by atoms with Gasteiger partial charge in [-0.3, -0.25) is 0 Å². The summed E-state index contributed by atoms with van der Waals surface area (Å²) in [5, 5.41) is 15.6. The minimum atomic E-state index is 0.00669. The molecule has 2 heterocycles. The number of carbonyl (C=O) groups excluding carboxylic acids is 1. The first-order valence-corrected chi connectivity index (χ1v) is 5.88. The lowest BCUT2D eigenvalue weighted by Gasteiger charge is -2.04. The van der Waals surface area contributed by atoms with Crippen LogP contribution in [0.3, 0.4) is 0 Å². The van der Waals surface area contributed by atoms with Gasteiger partial charge in [0.25, 0.3) is 0 Å². The fourth-order valence-corrected chi connectivity index (χ4v) is 1.48. The Morgan fingerprint density at radius 1 is 1.29 bits per heavy atom. The van der Waals surface area contributed by atoms with Gasteiger partial charge < -0.3 is 35.8 Å². The highest BCUT2D eigenvalue weighted by Crippen LogP contribution is 2.16. The summed E-state index contributed by atoms with van der Waals surface area (Å²) in [6.07, 6.45) is 1.61. The summed E-state index contributed by atoms with van der Waals surface area (Å²) in [6, 6.07) is 0. The van der Waals surface area contributed by atoms with Gasteiger partial charge in [0, 0.05) is 13.7 Å². The summed E-state index contributed by atoms with van der Waals surface area (Å²) < 4.78 is 6.94. The molecule has 10 nitrogen and oxygen atoms in total. The van der Waals surface area contributed by atoms with Gasteiger partial charge in [-0.25, -0.2) is 4.98 Å². The summed E-state index contributed by atoms with van der Waals surface area (Å²) in [5.41, 5.74) is 12.3. The highest BCUT2D eigenvalue weighted by Gasteiger charge is 2.09. The average Bonchev–Trinajstić information content (AvgIpc) is 2.91. The number of fused-ring (bicyclic) bond motifs is 1. The van der Waals surface area contributed by atoms with Crippen molar-refractivity contribution in [2.24, 2.45) is 0 Å². The molecule has 2 aromatic heterocycles. The second-order valence-corrected chi connectivity index (χ2v) is 3.41. The van der Waals surface area contributed by atoms with Crippen LogP contribution in [0.15, 0.2) is 6.33 Å². The maximum absolute atomic E-state index is 8.57. The summed E-state index contributed by atoms with van der Waals surface area (Å²) in [7, 11) is 1.00. The van der Waals surface area contributed by atoms with E-state index in [9.17, 15) is 0 Å². The Hall–Kier alpha value is -2.30. The molecule has 118 valence electrons. The number of carbonyl (C=O) groups is 1. The molecule has 0 aliphatic heterocycles. The van der Waals surface area contributed by atoms with Crippen molar-refractivity contribution in [2.45, 2.75) is 6.54 Å². The number of nitrogens with two attached hydrogens (primary N) is 2. The number of aliphatic hydroxyl groups is 2. The maximum Gasteiger partial charge on any atom is 0.224 e. The third kappa shape index (κ3) is 5.30. The molecule has 0 aliphatic rings. The smallest absolute Gasteiger partial charge is 0.224 e. The van der Waals surface area contributed by atoms with Crippen LogP contribution in [0.5, 0.6) is 0 Å². The Labute approximate surface area is 121 Å². The van der Waals surface area contributed by atoms with Crippen LogP contribution < -0.4 is 11.5 Å². The van der Waals surface area contributed by atoms with Crippen molar-refractivity contribution in [3.05, 3.63) is 6.33 Å². The normalized spacial score (nSPS) is 9.48.